The van der Waals surface area contributed by atoms with E-state index in [0.29, 0.717) is 12.5 Å². The molecule has 3 heterocycles. The van der Waals surface area contributed by atoms with Crippen molar-refractivity contribution in [3.05, 3.63) is 46.4 Å². The van der Waals surface area contributed by atoms with Crippen LogP contribution in [0.2, 0.25) is 0 Å². The number of anilines is 1. The van der Waals surface area contributed by atoms with Crippen LogP contribution in [0.3, 0.4) is 0 Å². The summed E-state index contributed by atoms with van der Waals surface area (Å²) in [5.74, 6) is 0.901. The molecule has 110 valence electrons. The molecule has 0 unspecified atom stereocenters. The van der Waals surface area contributed by atoms with E-state index in [-0.39, 0.29) is 0 Å². The number of thiophene rings is 1. The number of rotatable bonds is 4. The first kappa shape index (κ1) is 14.1. The summed E-state index contributed by atoms with van der Waals surface area (Å²) in [6.07, 6.45) is 2.35. The highest BCUT2D eigenvalue weighted by molar-refractivity contribution is 7.20. The molecule has 0 fully saturated rings. The molecule has 0 saturated heterocycles. The molecule has 0 amide bonds. The highest BCUT2D eigenvalue weighted by atomic mass is 32.1. The predicted molar refractivity (Wildman–Crippen MR) is 87.8 cm³/mol. The molecule has 3 N–H and O–H groups in total. The van der Waals surface area contributed by atoms with E-state index in [1.807, 2.05) is 25.2 Å². The molecule has 0 bridgehead atoms. The largest absolute Gasteiger partial charge is 0.469 e. The van der Waals surface area contributed by atoms with E-state index in [4.69, 9.17) is 15.1 Å². The first-order valence-electron chi connectivity index (χ1n) is 6.98. The number of furan rings is 1. The van der Waals surface area contributed by atoms with E-state index in [0.717, 1.165) is 27.4 Å². The summed E-state index contributed by atoms with van der Waals surface area (Å²) in [5.41, 5.74) is 10.2. The average Bonchev–Trinajstić information content (AvgIpc) is 3.08. The fourth-order valence-corrected chi connectivity index (χ4v) is 3.74. The van der Waals surface area contributed by atoms with Crippen LogP contribution in [0.1, 0.15) is 34.9 Å². The molecule has 5 heteroatoms. The maximum Gasteiger partial charge on any atom is 0.109 e. The number of aryl methyl sites for hydroxylation is 1. The van der Waals surface area contributed by atoms with Crippen LogP contribution in [0.4, 0.5) is 5.69 Å². The number of aromatic nitrogens is 1. The maximum absolute atomic E-state index is 6.23. The molecule has 4 nitrogen and oxygen atoms in total. The van der Waals surface area contributed by atoms with Gasteiger partial charge in [-0.05, 0) is 44.7 Å². The molecular weight excluding hydrogens is 282 g/mol. The van der Waals surface area contributed by atoms with Gasteiger partial charge < -0.3 is 15.5 Å². The lowest BCUT2D eigenvalue weighted by atomic mass is 10.1. The fourth-order valence-electron chi connectivity index (χ4n) is 2.50. The van der Waals surface area contributed by atoms with E-state index in [2.05, 4.69) is 19.2 Å². The lowest BCUT2D eigenvalue weighted by Gasteiger charge is -2.08. The monoisotopic (exact) mass is 301 g/mol. The topological polar surface area (TPSA) is 64.1 Å². The second-order valence-electron chi connectivity index (χ2n) is 5.24. The molecule has 0 aliphatic heterocycles. The third-order valence-electron chi connectivity index (χ3n) is 3.75. The van der Waals surface area contributed by atoms with Gasteiger partial charge in [0.2, 0.25) is 0 Å². The third kappa shape index (κ3) is 2.54. The van der Waals surface area contributed by atoms with Crippen molar-refractivity contribution in [1.29, 1.82) is 0 Å². The second-order valence-corrected chi connectivity index (χ2v) is 6.29. The number of nitrogens with zero attached hydrogens (tertiary/aromatic N) is 1. The van der Waals surface area contributed by atoms with E-state index in [1.54, 1.807) is 17.6 Å². The highest BCUT2D eigenvalue weighted by Crippen LogP contribution is 2.37. The molecule has 0 aliphatic carbocycles. The maximum atomic E-state index is 6.23. The van der Waals surface area contributed by atoms with Crippen LogP contribution in [-0.2, 0) is 6.42 Å². The van der Waals surface area contributed by atoms with Gasteiger partial charge in [0.1, 0.15) is 5.76 Å². The molecule has 3 aromatic rings. The third-order valence-corrected chi connectivity index (χ3v) is 5.27. The van der Waals surface area contributed by atoms with Gasteiger partial charge in [0.15, 0.2) is 0 Å². The van der Waals surface area contributed by atoms with Gasteiger partial charge in [-0.15, -0.1) is 11.3 Å². The minimum absolute atomic E-state index is 0.303. The average molecular weight is 301 g/mol. The van der Waals surface area contributed by atoms with Crippen molar-refractivity contribution in [3.8, 4) is 0 Å². The smallest absolute Gasteiger partial charge is 0.109 e. The molecule has 0 saturated carbocycles. The summed E-state index contributed by atoms with van der Waals surface area (Å²) < 4.78 is 6.47. The Hall–Kier alpha value is -1.85. The zero-order valence-electron chi connectivity index (χ0n) is 12.4. The number of hydrogen-bond acceptors (Lipinski definition) is 5. The molecule has 3 aromatic heterocycles. The first-order valence-corrected chi connectivity index (χ1v) is 7.79. The normalized spacial score (nSPS) is 12.9. The first-order chi connectivity index (χ1) is 10.1. The van der Waals surface area contributed by atoms with Crippen LogP contribution in [-0.4, -0.2) is 12.0 Å². The van der Waals surface area contributed by atoms with Gasteiger partial charge >= 0.3 is 0 Å². The van der Waals surface area contributed by atoms with E-state index >= 15 is 0 Å². The zero-order valence-corrected chi connectivity index (χ0v) is 13.3. The van der Waals surface area contributed by atoms with Gasteiger partial charge in [0.25, 0.3) is 0 Å². The Kier molecular flexibility index (Phi) is 3.69. The molecule has 0 aliphatic rings. The van der Waals surface area contributed by atoms with Crippen LogP contribution in [0.15, 0.2) is 28.9 Å². The molecule has 1 atom stereocenters. The molecule has 21 heavy (non-hydrogen) atoms. The standard InChI is InChI=1S/C16H19N3OS/c1-9-14-16(21-15(9)10(2)18-3)13(17)8-11(19-14)7-12-5-4-6-20-12/h4-6,8,10,18H,7H2,1-3H3,(H2,17,19)/t10-/m0/s1. The number of nitrogens with two attached hydrogens (primary N) is 1. The van der Waals surface area contributed by atoms with Crippen LogP contribution in [0.25, 0.3) is 10.2 Å². The predicted octanol–water partition coefficient (Wildman–Crippen LogP) is 3.65. The Balaban J connectivity index is 2.08. The van der Waals surface area contributed by atoms with Crippen molar-refractivity contribution in [2.24, 2.45) is 0 Å². The Bertz CT molecular complexity index is 762. The number of nitrogens with one attached hydrogen (secondary N) is 1. The van der Waals surface area contributed by atoms with Crippen molar-refractivity contribution in [1.82, 2.24) is 10.3 Å². The van der Waals surface area contributed by atoms with Crippen LogP contribution in [0, 0.1) is 6.92 Å². The van der Waals surface area contributed by atoms with Crippen molar-refractivity contribution < 1.29 is 4.42 Å². The number of pyridine rings is 1. The zero-order chi connectivity index (χ0) is 15.0. The van der Waals surface area contributed by atoms with Gasteiger partial charge in [-0.1, -0.05) is 0 Å². The lowest BCUT2D eigenvalue weighted by molar-refractivity contribution is 0.519. The van der Waals surface area contributed by atoms with E-state index in [9.17, 15) is 0 Å². The van der Waals surface area contributed by atoms with E-state index < -0.39 is 0 Å². The number of fused-ring (bicyclic) bond motifs is 1. The number of nitrogen functional groups attached to an aromatic ring is 1. The van der Waals surface area contributed by atoms with Crippen LogP contribution in [0.5, 0.6) is 0 Å². The highest BCUT2D eigenvalue weighted by Gasteiger charge is 2.17. The molecule has 0 radical (unpaired) electrons. The Morgan fingerprint density at radius 1 is 1.48 bits per heavy atom. The minimum atomic E-state index is 0.303. The van der Waals surface area contributed by atoms with Crippen LogP contribution >= 0.6 is 11.3 Å². The molecule has 3 rings (SSSR count). The van der Waals surface area contributed by atoms with E-state index in [1.165, 1.54) is 10.4 Å². The number of hydrogen-bond donors (Lipinski definition) is 2. The summed E-state index contributed by atoms with van der Waals surface area (Å²) in [6.45, 7) is 4.27. The molecule has 0 spiro atoms. The SMILES string of the molecule is CN[C@@H](C)c1sc2c(N)cc(Cc3ccco3)nc2c1C. The summed E-state index contributed by atoms with van der Waals surface area (Å²) in [6, 6.07) is 6.10. The van der Waals surface area contributed by atoms with Crippen molar-refractivity contribution in [3.63, 3.8) is 0 Å². The van der Waals surface area contributed by atoms with Gasteiger partial charge in [-0.25, -0.2) is 0 Å². The minimum Gasteiger partial charge on any atom is -0.469 e. The lowest BCUT2D eigenvalue weighted by Crippen LogP contribution is -2.11. The summed E-state index contributed by atoms with van der Waals surface area (Å²) in [5, 5.41) is 3.28. The summed E-state index contributed by atoms with van der Waals surface area (Å²) in [4.78, 5) is 6.08. The van der Waals surface area contributed by atoms with Crippen LogP contribution < -0.4 is 11.1 Å². The van der Waals surface area contributed by atoms with Gasteiger partial charge in [-0.3, -0.25) is 4.98 Å². The Morgan fingerprint density at radius 2 is 2.29 bits per heavy atom. The molecular formula is C16H19N3OS. The van der Waals surface area contributed by atoms with Crippen molar-refractivity contribution in [2.45, 2.75) is 26.3 Å². The quantitative estimate of drug-likeness (QED) is 0.772. The van der Waals surface area contributed by atoms with Crippen molar-refractivity contribution >= 4 is 27.2 Å². The molecule has 0 aromatic carbocycles. The Morgan fingerprint density at radius 3 is 2.95 bits per heavy atom. The summed E-state index contributed by atoms with van der Waals surface area (Å²) >= 11 is 1.73. The Labute approximate surface area is 128 Å². The van der Waals surface area contributed by atoms with Crippen molar-refractivity contribution in [2.75, 3.05) is 12.8 Å². The summed E-state index contributed by atoms with van der Waals surface area (Å²) in [7, 11) is 1.97. The van der Waals surface area contributed by atoms with Gasteiger partial charge in [0.05, 0.1) is 27.9 Å². The van der Waals surface area contributed by atoms with Gasteiger partial charge in [0, 0.05) is 17.3 Å². The fraction of sp³-hybridized carbons (Fsp3) is 0.312. The second kappa shape index (κ2) is 5.50. The van der Waals surface area contributed by atoms with Gasteiger partial charge in [-0.2, -0.15) is 0 Å².